The van der Waals surface area contributed by atoms with Gasteiger partial charge in [0.05, 0.1) is 0 Å². The molecule has 0 aromatic heterocycles. The van der Waals surface area contributed by atoms with Gasteiger partial charge in [-0.2, -0.15) is 0 Å². The van der Waals surface area contributed by atoms with E-state index in [1.165, 1.54) is 11.1 Å². The molecule has 0 saturated heterocycles. The van der Waals surface area contributed by atoms with Crippen LogP contribution in [0.3, 0.4) is 0 Å². The molecule has 1 rings (SSSR count). The number of hydrogen-bond donors (Lipinski definition) is 0. The van der Waals surface area contributed by atoms with Crippen LogP contribution in [0.25, 0.3) is 0 Å². The van der Waals surface area contributed by atoms with E-state index >= 15 is 0 Å². The van der Waals surface area contributed by atoms with Gasteiger partial charge in [0.2, 0.25) is 0 Å². The average molecular weight is 176 g/mol. The second-order valence-electron chi connectivity index (χ2n) is 4.25. The molecule has 0 bridgehead atoms. The van der Waals surface area contributed by atoms with Gasteiger partial charge in [0.1, 0.15) is 0 Å². The first kappa shape index (κ1) is 10.3. The fourth-order valence-corrected chi connectivity index (χ4v) is 1.78. The van der Waals surface area contributed by atoms with Gasteiger partial charge in [0.25, 0.3) is 0 Å². The Labute approximate surface area is 82.0 Å². The second kappa shape index (κ2) is 3.95. The van der Waals surface area contributed by atoms with Gasteiger partial charge in [0, 0.05) is 5.41 Å². The highest BCUT2D eigenvalue weighted by Gasteiger charge is 2.14. The quantitative estimate of drug-likeness (QED) is 0.590. The zero-order valence-corrected chi connectivity index (χ0v) is 9.22. The first-order valence-electron chi connectivity index (χ1n) is 5.19. The topological polar surface area (TPSA) is 0 Å². The molecule has 0 radical (unpaired) electrons. The molecule has 0 aromatic carbocycles. The standard InChI is InChI=1S/C13H20/c1-5-11-8-7-9-13(3,4)10-12(11)6-2/h7-10H,5-6H2,1-4H3. The van der Waals surface area contributed by atoms with Crippen molar-refractivity contribution in [2.24, 2.45) is 5.41 Å². The number of allylic oxidation sites excluding steroid dienone is 6. The molecule has 0 heteroatoms. The van der Waals surface area contributed by atoms with E-state index in [0.29, 0.717) is 0 Å². The third kappa shape index (κ3) is 2.58. The molecule has 0 amide bonds. The minimum atomic E-state index is 0.221. The second-order valence-corrected chi connectivity index (χ2v) is 4.25. The van der Waals surface area contributed by atoms with Gasteiger partial charge in [0.15, 0.2) is 0 Å². The molecule has 0 saturated carbocycles. The lowest BCUT2D eigenvalue weighted by Crippen LogP contribution is -2.03. The molecule has 0 nitrogen and oxygen atoms in total. The Morgan fingerprint density at radius 1 is 1.08 bits per heavy atom. The third-order valence-electron chi connectivity index (χ3n) is 2.54. The van der Waals surface area contributed by atoms with Crippen molar-refractivity contribution in [1.29, 1.82) is 0 Å². The normalized spacial score (nSPS) is 20.6. The van der Waals surface area contributed by atoms with Crippen LogP contribution in [0, 0.1) is 5.41 Å². The Bertz CT molecular complexity index is 262. The van der Waals surface area contributed by atoms with Crippen LogP contribution < -0.4 is 0 Å². The van der Waals surface area contributed by atoms with Gasteiger partial charge < -0.3 is 0 Å². The van der Waals surface area contributed by atoms with Crippen LogP contribution in [0.1, 0.15) is 40.5 Å². The Kier molecular flexibility index (Phi) is 3.13. The van der Waals surface area contributed by atoms with Crippen LogP contribution in [-0.2, 0) is 0 Å². The maximum Gasteiger partial charge on any atom is 0.00134 e. The van der Waals surface area contributed by atoms with E-state index in [0.717, 1.165) is 12.8 Å². The summed E-state index contributed by atoms with van der Waals surface area (Å²) in [6.07, 6.45) is 11.4. The number of rotatable bonds is 2. The van der Waals surface area contributed by atoms with E-state index in [1.54, 1.807) is 0 Å². The molecule has 0 heterocycles. The van der Waals surface area contributed by atoms with Crippen LogP contribution in [0.15, 0.2) is 35.5 Å². The largest absolute Gasteiger partial charge is 0.0751 e. The van der Waals surface area contributed by atoms with Crippen molar-refractivity contribution in [3.63, 3.8) is 0 Å². The molecule has 0 aromatic rings. The lowest BCUT2D eigenvalue weighted by Gasteiger charge is -2.16. The van der Waals surface area contributed by atoms with Crippen LogP contribution in [0.2, 0.25) is 0 Å². The summed E-state index contributed by atoms with van der Waals surface area (Å²) in [5.41, 5.74) is 3.22. The zero-order chi connectivity index (χ0) is 9.90. The Morgan fingerprint density at radius 3 is 2.23 bits per heavy atom. The van der Waals surface area contributed by atoms with E-state index in [1.807, 2.05) is 0 Å². The van der Waals surface area contributed by atoms with Crippen LogP contribution >= 0.6 is 0 Å². The van der Waals surface area contributed by atoms with Crippen LogP contribution in [0.4, 0.5) is 0 Å². The predicted octanol–water partition coefficient (Wildman–Crippen LogP) is 4.26. The molecule has 0 fully saturated rings. The first-order chi connectivity index (χ1) is 6.09. The summed E-state index contributed by atoms with van der Waals surface area (Å²) in [6.45, 7) is 8.97. The van der Waals surface area contributed by atoms with Gasteiger partial charge in [-0.25, -0.2) is 0 Å². The minimum absolute atomic E-state index is 0.221. The van der Waals surface area contributed by atoms with Gasteiger partial charge in [-0.05, 0) is 24.0 Å². The average Bonchev–Trinajstić information content (AvgIpc) is 2.22. The van der Waals surface area contributed by atoms with Gasteiger partial charge in [-0.3, -0.25) is 0 Å². The van der Waals surface area contributed by atoms with Crippen molar-refractivity contribution in [1.82, 2.24) is 0 Å². The number of hydrogen-bond acceptors (Lipinski definition) is 0. The lowest BCUT2D eigenvalue weighted by molar-refractivity contribution is 0.620. The van der Waals surface area contributed by atoms with Gasteiger partial charge in [-0.1, -0.05) is 52.0 Å². The summed E-state index contributed by atoms with van der Waals surface area (Å²) < 4.78 is 0. The monoisotopic (exact) mass is 176 g/mol. The highest BCUT2D eigenvalue weighted by atomic mass is 14.2. The zero-order valence-electron chi connectivity index (χ0n) is 9.22. The molecule has 13 heavy (non-hydrogen) atoms. The minimum Gasteiger partial charge on any atom is -0.0751 e. The summed E-state index contributed by atoms with van der Waals surface area (Å²) in [7, 11) is 0. The van der Waals surface area contributed by atoms with Crippen molar-refractivity contribution < 1.29 is 0 Å². The van der Waals surface area contributed by atoms with Crippen molar-refractivity contribution in [3.8, 4) is 0 Å². The van der Waals surface area contributed by atoms with Crippen molar-refractivity contribution in [3.05, 3.63) is 35.5 Å². The Morgan fingerprint density at radius 2 is 1.69 bits per heavy atom. The molecule has 0 unspecified atom stereocenters. The summed E-state index contributed by atoms with van der Waals surface area (Å²) in [6, 6.07) is 0. The molecule has 1 aliphatic rings. The highest BCUT2D eigenvalue weighted by Crippen LogP contribution is 2.29. The smallest absolute Gasteiger partial charge is 0.00134 e. The van der Waals surface area contributed by atoms with E-state index in [9.17, 15) is 0 Å². The molecule has 72 valence electrons. The third-order valence-corrected chi connectivity index (χ3v) is 2.54. The van der Waals surface area contributed by atoms with Gasteiger partial charge in [-0.15, -0.1) is 0 Å². The summed E-state index contributed by atoms with van der Waals surface area (Å²) in [5, 5.41) is 0. The molecular formula is C13H20. The Hall–Kier alpha value is -0.780. The highest BCUT2D eigenvalue weighted by molar-refractivity contribution is 5.38. The van der Waals surface area contributed by atoms with E-state index in [-0.39, 0.29) is 5.41 Å². The summed E-state index contributed by atoms with van der Waals surface area (Å²) in [4.78, 5) is 0. The fraction of sp³-hybridized carbons (Fsp3) is 0.538. The van der Waals surface area contributed by atoms with Crippen LogP contribution in [-0.4, -0.2) is 0 Å². The van der Waals surface area contributed by atoms with Crippen molar-refractivity contribution in [2.45, 2.75) is 40.5 Å². The molecule has 0 N–H and O–H groups in total. The Balaban J connectivity index is 3.03. The fourth-order valence-electron chi connectivity index (χ4n) is 1.78. The molecule has 0 aliphatic heterocycles. The van der Waals surface area contributed by atoms with E-state index in [4.69, 9.17) is 0 Å². The summed E-state index contributed by atoms with van der Waals surface area (Å²) in [5.74, 6) is 0. The maximum atomic E-state index is 2.39. The van der Waals surface area contributed by atoms with Crippen molar-refractivity contribution in [2.75, 3.05) is 0 Å². The SMILES string of the molecule is CCC1=CC=CC(C)(C)C=C1CC. The van der Waals surface area contributed by atoms with Crippen LogP contribution in [0.5, 0.6) is 0 Å². The lowest BCUT2D eigenvalue weighted by atomic mass is 9.89. The van der Waals surface area contributed by atoms with E-state index < -0.39 is 0 Å². The molecular weight excluding hydrogens is 156 g/mol. The summed E-state index contributed by atoms with van der Waals surface area (Å²) >= 11 is 0. The molecule has 1 aliphatic carbocycles. The van der Waals surface area contributed by atoms with Crippen molar-refractivity contribution >= 4 is 0 Å². The van der Waals surface area contributed by atoms with E-state index in [2.05, 4.69) is 52.0 Å². The molecule has 0 atom stereocenters. The maximum absolute atomic E-state index is 2.39. The van der Waals surface area contributed by atoms with Gasteiger partial charge >= 0.3 is 0 Å². The predicted molar refractivity (Wildman–Crippen MR) is 59.7 cm³/mol. The molecule has 0 spiro atoms. The first-order valence-corrected chi connectivity index (χ1v) is 5.19.